The molecule has 1 aliphatic heterocycles. The van der Waals surface area contributed by atoms with Crippen LogP contribution < -0.4 is 5.32 Å². The molecular formula is C11H25N3O2S. The molecular weight excluding hydrogens is 238 g/mol. The Morgan fingerprint density at radius 2 is 1.71 bits per heavy atom. The fourth-order valence-corrected chi connectivity index (χ4v) is 3.94. The molecule has 0 aromatic rings. The van der Waals surface area contributed by atoms with Gasteiger partial charge in [0.2, 0.25) is 0 Å². The third kappa shape index (κ3) is 3.64. The molecule has 17 heavy (non-hydrogen) atoms. The van der Waals surface area contributed by atoms with Gasteiger partial charge in [-0.3, -0.25) is 0 Å². The zero-order valence-corrected chi connectivity index (χ0v) is 12.0. The van der Waals surface area contributed by atoms with E-state index in [-0.39, 0.29) is 0 Å². The standard InChI is InChI=1S/C11H25N3O2S/c1-4-12-11-7-9-14(10-8-11)17(15,16)13(5-2)6-3/h11-12H,4-10H2,1-3H3. The molecule has 6 heteroatoms. The first-order valence-electron chi connectivity index (χ1n) is 6.54. The number of hydrogen-bond acceptors (Lipinski definition) is 3. The van der Waals surface area contributed by atoms with E-state index in [9.17, 15) is 8.42 Å². The van der Waals surface area contributed by atoms with Gasteiger partial charge in [0.25, 0.3) is 10.2 Å². The first-order valence-corrected chi connectivity index (χ1v) is 7.94. The van der Waals surface area contributed by atoms with E-state index in [0.717, 1.165) is 19.4 Å². The topological polar surface area (TPSA) is 52.7 Å². The second kappa shape index (κ2) is 6.68. The van der Waals surface area contributed by atoms with Crippen LogP contribution in [-0.4, -0.2) is 55.8 Å². The van der Waals surface area contributed by atoms with Crippen molar-refractivity contribution in [1.29, 1.82) is 0 Å². The normalized spacial score (nSPS) is 20.0. The third-order valence-corrected chi connectivity index (χ3v) is 5.49. The van der Waals surface area contributed by atoms with Crippen LogP contribution in [0.5, 0.6) is 0 Å². The molecule has 1 rings (SSSR count). The van der Waals surface area contributed by atoms with Crippen molar-refractivity contribution in [2.24, 2.45) is 0 Å². The van der Waals surface area contributed by atoms with E-state index in [1.165, 1.54) is 4.31 Å². The van der Waals surface area contributed by atoms with Crippen LogP contribution in [0.1, 0.15) is 33.6 Å². The molecule has 102 valence electrons. The first-order chi connectivity index (χ1) is 8.06. The first kappa shape index (κ1) is 14.9. The largest absolute Gasteiger partial charge is 0.314 e. The van der Waals surface area contributed by atoms with Crippen LogP contribution >= 0.6 is 0 Å². The van der Waals surface area contributed by atoms with Crippen molar-refractivity contribution in [3.63, 3.8) is 0 Å². The summed E-state index contributed by atoms with van der Waals surface area (Å²) in [5.74, 6) is 0. The van der Waals surface area contributed by atoms with Gasteiger partial charge < -0.3 is 5.32 Å². The second-order valence-corrected chi connectivity index (χ2v) is 6.25. The average Bonchev–Trinajstić information content (AvgIpc) is 2.31. The summed E-state index contributed by atoms with van der Waals surface area (Å²) < 4.78 is 27.6. The zero-order valence-electron chi connectivity index (χ0n) is 11.1. The SMILES string of the molecule is CCNC1CCN(S(=O)(=O)N(CC)CC)CC1. The van der Waals surface area contributed by atoms with E-state index in [2.05, 4.69) is 12.2 Å². The molecule has 0 radical (unpaired) electrons. The highest BCUT2D eigenvalue weighted by Crippen LogP contribution is 2.16. The highest BCUT2D eigenvalue weighted by molar-refractivity contribution is 7.86. The van der Waals surface area contributed by atoms with Gasteiger partial charge in [-0.2, -0.15) is 17.0 Å². The molecule has 5 nitrogen and oxygen atoms in total. The summed E-state index contributed by atoms with van der Waals surface area (Å²) in [4.78, 5) is 0. The summed E-state index contributed by atoms with van der Waals surface area (Å²) in [7, 11) is -3.22. The molecule has 0 amide bonds. The summed E-state index contributed by atoms with van der Waals surface area (Å²) in [6.07, 6.45) is 1.82. The Hall–Kier alpha value is -0.170. The van der Waals surface area contributed by atoms with Crippen LogP contribution in [0.15, 0.2) is 0 Å². The Bertz CT molecular complexity index is 307. The van der Waals surface area contributed by atoms with Crippen molar-refractivity contribution in [3.05, 3.63) is 0 Å². The van der Waals surface area contributed by atoms with Gasteiger partial charge in [-0.15, -0.1) is 0 Å². The van der Waals surface area contributed by atoms with Gasteiger partial charge in [-0.05, 0) is 19.4 Å². The van der Waals surface area contributed by atoms with E-state index < -0.39 is 10.2 Å². The van der Waals surface area contributed by atoms with Crippen molar-refractivity contribution < 1.29 is 8.42 Å². The Morgan fingerprint density at radius 1 is 1.18 bits per heavy atom. The van der Waals surface area contributed by atoms with Crippen LogP contribution in [0, 0.1) is 0 Å². The number of rotatable bonds is 6. The summed E-state index contributed by atoms with van der Waals surface area (Å²) in [6, 6.07) is 0.475. The van der Waals surface area contributed by atoms with Gasteiger partial charge in [0, 0.05) is 32.2 Å². The van der Waals surface area contributed by atoms with Crippen molar-refractivity contribution >= 4 is 10.2 Å². The van der Waals surface area contributed by atoms with E-state index in [1.54, 1.807) is 4.31 Å². The maximum atomic E-state index is 12.2. The molecule has 0 unspecified atom stereocenters. The molecule has 0 spiro atoms. The quantitative estimate of drug-likeness (QED) is 0.765. The van der Waals surface area contributed by atoms with E-state index in [0.29, 0.717) is 32.2 Å². The monoisotopic (exact) mass is 263 g/mol. The molecule has 0 aliphatic carbocycles. The molecule has 1 fully saturated rings. The minimum atomic E-state index is -3.22. The van der Waals surface area contributed by atoms with E-state index >= 15 is 0 Å². The van der Waals surface area contributed by atoms with Crippen molar-refractivity contribution in [2.45, 2.75) is 39.7 Å². The minimum Gasteiger partial charge on any atom is -0.314 e. The average molecular weight is 263 g/mol. The number of nitrogens with one attached hydrogen (secondary N) is 1. The molecule has 1 heterocycles. The molecule has 0 bridgehead atoms. The third-order valence-electron chi connectivity index (χ3n) is 3.30. The van der Waals surface area contributed by atoms with Crippen molar-refractivity contribution in [1.82, 2.24) is 13.9 Å². The van der Waals surface area contributed by atoms with Crippen LogP contribution in [0.4, 0.5) is 0 Å². The lowest BCUT2D eigenvalue weighted by Gasteiger charge is -2.34. The molecule has 0 saturated carbocycles. The van der Waals surface area contributed by atoms with Gasteiger partial charge >= 0.3 is 0 Å². The lowest BCUT2D eigenvalue weighted by atomic mass is 10.1. The van der Waals surface area contributed by atoms with Crippen molar-refractivity contribution in [2.75, 3.05) is 32.7 Å². The fourth-order valence-electron chi connectivity index (χ4n) is 2.29. The summed E-state index contributed by atoms with van der Waals surface area (Å²) in [6.45, 7) is 9.16. The Labute approximate surface area is 105 Å². The Kier molecular flexibility index (Phi) is 5.85. The summed E-state index contributed by atoms with van der Waals surface area (Å²) >= 11 is 0. The predicted octanol–water partition coefficient (Wildman–Crippen LogP) is 0.647. The van der Waals surface area contributed by atoms with Crippen LogP contribution in [0.3, 0.4) is 0 Å². The van der Waals surface area contributed by atoms with E-state index in [1.807, 2.05) is 13.8 Å². The van der Waals surface area contributed by atoms with Gasteiger partial charge in [0.1, 0.15) is 0 Å². The van der Waals surface area contributed by atoms with Crippen LogP contribution in [0.2, 0.25) is 0 Å². The van der Waals surface area contributed by atoms with Crippen molar-refractivity contribution in [3.8, 4) is 0 Å². The lowest BCUT2D eigenvalue weighted by molar-refractivity contribution is 0.272. The maximum Gasteiger partial charge on any atom is 0.281 e. The molecule has 1 aliphatic rings. The minimum absolute atomic E-state index is 0.475. The number of piperidine rings is 1. The predicted molar refractivity (Wildman–Crippen MR) is 70.1 cm³/mol. The highest BCUT2D eigenvalue weighted by Gasteiger charge is 2.30. The fraction of sp³-hybridized carbons (Fsp3) is 1.00. The highest BCUT2D eigenvalue weighted by atomic mass is 32.2. The Balaban J connectivity index is 2.58. The van der Waals surface area contributed by atoms with Crippen LogP contribution in [0.25, 0.3) is 0 Å². The van der Waals surface area contributed by atoms with Gasteiger partial charge in [-0.1, -0.05) is 20.8 Å². The van der Waals surface area contributed by atoms with Gasteiger partial charge in [0.15, 0.2) is 0 Å². The van der Waals surface area contributed by atoms with Gasteiger partial charge in [-0.25, -0.2) is 0 Å². The van der Waals surface area contributed by atoms with Gasteiger partial charge in [0.05, 0.1) is 0 Å². The molecule has 1 N–H and O–H groups in total. The van der Waals surface area contributed by atoms with E-state index in [4.69, 9.17) is 0 Å². The smallest absolute Gasteiger partial charge is 0.281 e. The lowest BCUT2D eigenvalue weighted by Crippen LogP contribution is -2.50. The maximum absolute atomic E-state index is 12.2. The second-order valence-electron chi connectivity index (χ2n) is 4.32. The number of nitrogens with zero attached hydrogens (tertiary/aromatic N) is 2. The molecule has 0 atom stereocenters. The summed E-state index contributed by atoms with van der Waals surface area (Å²) in [5, 5.41) is 3.38. The zero-order chi connectivity index (χ0) is 12.9. The molecule has 0 aromatic heterocycles. The molecule has 0 aromatic carbocycles. The summed E-state index contributed by atoms with van der Waals surface area (Å²) in [5.41, 5.74) is 0. The number of hydrogen-bond donors (Lipinski definition) is 1. The van der Waals surface area contributed by atoms with Crippen LogP contribution in [-0.2, 0) is 10.2 Å². The Morgan fingerprint density at radius 3 is 2.12 bits per heavy atom. The molecule has 1 saturated heterocycles.